The van der Waals surface area contributed by atoms with Gasteiger partial charge >= 0.3 is 0 Å². The summed E-state index contributed by atoms with van der Waals surface area (Å²) < 4.78 is 19.0. The molecule has 1 aliphatic rings. The molecule has 20 heavy (non-hydrogen) atoms. The third-order valence-corrected chi connectivity index (χ3v) is 3.67. The third kappa shape index (κ3) is 2.62. The summed E-state index contributed by atoms with van der Waals surface area (Å²) in [7, 11) is 0. The van der Waals surface area contributed by atoms with Gasteiger partial charge in [-0.15, -0.1) is 0 Å². The van der Waals surface area contributed by atoms with Gasteiger partial charge in [0.1, 0.15) is 17.7 Å². The molecule has 0 bridgehead atoms. The highest BCUT2D eigenvalue weighted by atomic mass is 19.1. The molecule has 104 valence electrons. The summed E-state index contributed by atoms with van der Waals surface area (Å²) in [6.45, 7) is 4.72. The summed E-state index contributed by atoms with van der Waals surface area (Å²) in [5.41, 5.74) is 4.40. The lowest BCUT2D eigenvalue weighted by molar-refractivity contribution is 0.246. The number of hydrogen-bond acceptors (Lipinski definition) is 2. The van der Waals surface area contributed by atoms with Crippen LogP contribution in [0.25, 0.3) is 0 Å². The quantitative estimate of drug-likeness (QED) is 0.915. The van der Waals surface area contributed by atoms with Crippen LogP contribution in [0, 0.1) is 19.7 Å². The Balaban J connectivity index is 1.63. The minimum absolute atomic E-state index is 0.135. The van der Waals surface area contributed by atoms with Gasteiger partial charge < -0.3 is 10.1 Å². The number of benzene rings is 2. The molecule has 2 aromatic rings. The van der Waals surface area contributed by atoms with Gasteiger partial charge in [0.05, 0.1) is 6.54 Å². The number of halogens is 1. The molecule has 0 radical (unpaired) electrons. The molecule has 0 aliphatic carbocycles. The number of fused-ring (bicyclic) bond motifs is 1. The molecule has 0 saturated heterocycles. The molecule has 3 rings (SSSR count). The lowest BCUT2D eigenvalue weighted by Gasteiger charge is -2.14. The second-order valence-electron chi connectivity index (χ2n) is 5.40. The summed E-state index contributed by atoms with van der Waals surface area (Å²) in [5, 5.41) is 3.34. The van der Waals surface area contributed by atoms with Crippen molar-refractivity contribution in [2.24, 2.45) is 0 Å². The van der Waals surface area contributed by atoms with Crippen LogP contribution < -0.4 is 10.1 Å². The topological polar surface area (TPSA) is 21.3 Å². The van der Waals surface area contributed by atoms with Gasteiger partial charge in [-0.25, -0.2) is 4.39 Å². The molecule has 0 fully saturated rings. The molecule has 0 amide bonds. The molecule has 1 unspecified atom stereocenters. The van der Waals surface area contributed by atoms with Crippen LogP contribution in [-0.4, -0.2) is 12.6 Å². The Kier molecular flexibility index (Phi) is 3.35. The fraction of sp³-hybridized carbons (Fsp3) is 0.294. The van der Waals surface area contributed by atoms with Crippen LogP contribution in [0.4, 0.5) is 10.1 Å². The lowest BCUT2D eigenvalue weighted by atomic mass is 10.1. The van der Waals surface area contributed by atoms with Gasteiger partial charge in [-0.2, -0.15) is 0 Å². The maximum Gasteiger partial charge on any atom is 0.123 e. The first kappa shape index (κ1) is 13.0. The van der Waals surface area contributed by atoms with Gasteiger partial charge in [0.2, 0.25) is 0 Å². The third-order valence-electron chi connectivity index (χ3n) is 3.67. The average molecular weight is 271 g/mol. The summed E-state index contributed by atoms with van der Waals surface area (Å²) in [6.07, 6.45) is 1.06. The molecule has 1 N–H and O–H groups in total. The molecule has 2 nitrogen and oxygen atoms in total. The van der Waals surface area contributed by atoms with E-state index in [1.54, 1.807) is 6.07 Å². The number of hydrogen-bond donors (Lipinski definition) is 1. The Labute approximate surface area is 118 Å². The molecule has 2 aromatic carbocycles. The van der Waals surface area contributed by atoms with E-state index in [9.17, 15) is 4.39 Å². The molecule has 0 spiro atoms. The van der Waals surface area contributed by atoms with E-state index in [2.05, 4.69) is 24.4 Å². The van der Waals surface area contributed by atoms with Gasteiger partial charge in [-0.1, -0.05) is 17.7 Å². The highest BCUT2D eigenvalue weighted by molar-refractivity contribution is 5.51. The van der Waals surface area contributed by atoms with E-state index in [0.717, 1.165) is 30.0 Å². The lowest BCUT2D eigenvalue weighted by Crippen LogP contribution is -2.24. The fourth-order valence-electron chi connectivity index (χ4n) is 2.61. The van der Waals surface area contributed by atoms with E-state index in [-0.39, 0.29) is 11.9 Å². The van der Waals surface area contributed by atoms with Crippen LogP contribution in [0.5, 0.6) is 5.75 Å². The van der Waals surface area contributed by atoms with Crippen LogP contribution in [0.1, 0.15) is 16.7 Å². The van der Waals surface area contributed by atoms with E-state index in [1.165, 1.54) is 23.3 Å². The van der Waals surface area contributed by atoms with Gasteiger partial charge in [0.15, 0.2) is 0 Å². The van der Waals surface area contributed by atoms with E-state index in [0.29, 0.717) is 0 Å². The summed E-state index contributed by atoms with van der Waals surface area (Å²) in [4.78, 5) is 0. The standard InChI is InChI=1S/C17H18FNO/c1-11-3-6-17-13(7-11)9-15(20-17)10-19-16-5-4-14(18)8-12(16)2/h3-8,15,19H,9-10H2,1-2H3. The van der Waals surface area contributed by atoms with Crippen molar-refractivity contribution >= 4 is 5.69 Å². The Morgan fingerprint density at radius 3 is 2.85 bits per heavy atom. The molecular formula is C17H18FNO. The van der Waals surface area contributed by atoms with Crippen LogP contribution in [-0.2, 0) is 6.42 Å². The maximum atomic E-state index is 13.1. The van der Waals surface area contributed by atoms with Crippen molar-refractivity contribution in [2.75, 3.05) is 11.9 Å². The predicted molar refractivity (Wildman–Crippen MR) is 78.9 cm³/mol. The molecule has 0 saturated carbocycles. The van der Waals surface area contributed by atoms with Gasteiger partial charge in [0.25, 0.3) is 0 Å². The SMILES string of the molecule is Cc1ccc2c(c1)CC(CNc1ccc(F)cc1C)O2. The molecule has 0 aromatic heterocycles. The smallest absolute Gasteiger partial charge is 0.123 e. The minimum Gasteiger partial charge on any atom is -0.488 e. The monoisotopic (exact) mass is 271 g/mol. The van der Waals surface area contributed by atoms with Crippen molar-refractivity contribution in [3.05, 3.63) is 58.9 Å². The molecular weight excluding hydrogens is 253 g/mol. The summed E-state index contributed by atoms with van der Waals surface area (Å²) >= 11 is 0. The largest absolute Gasteiger partial charge is 0.488 e. The second kappa shape index (κ2) is 5.16. The van der Waals surface area contributed by atoms with E-state index < -0.39 is 0 Å². The van der Waals surface area contributed by atoms with E-state index >= 15 is 0 Å². The van der Waals surface area contributed by atoms with Crippen LogP contribution >= 0.6 is 0 Å². The van der Waals surface area contributed by atoms with Crippen molar-refractivity contribution in [1.29, 1.82) is 0 Å². The molecule has 1 atom stereocenters. The highest BCUT2D eigenvalue weighted by Crippen LogP contribution is 2.29. The van der Waals surface area contributed by atoms with Gasteiger partial charge in [-0.05, 0) is 49.2 Å². The van der Waals surface area contributed by atoms with Gasteiger partial charge in [-0.3, -0.25) is 0 Å². The van der Waals surface area contributed by atoms with Gasteiger partial charge in [0, 0.05) is 12.1 Å². The van der Waals surface area contributed by atoms with Crippen molar-refractivity contribution in [2.45, 2.75) is 26.4 Å². The normalized spacial score (nSPS) is 16.6. The zero-order valence-electron chi connectivity index (χ0n) is 11.7. The average Bonchev–Trinajstić information content (AvgIpc) is 2.79. The first-order valence-corrected chi connectivity index (χ1v) is 6.88. The number of aryl methyl sites for hydroxylation is 2. The Morgan fingerprint density at radius 2 is 2.05 bits per heavy atom. The Hall–Kier alpha value is -2.03. The zero-order chi connectivity index (χ0) is 14.1. The number of rotatable bonds is 3. The van der Waals surface area contributed by atoms with Crippen molar-refractivity contribution in [3.63, 3.8) is 0 Å². The minimum atomic E-state index is -0.201. The van der Waals surface area contributed by atoms with Crippen molar-refractivity contribution in [1.82, 2.24) is 0 Å². The Bertz CT molecular complexity index is 639. The number of ether oxygens (including phenoxy) is 1. The molecule has 3 heteroatoms. The zero-order valence-corrected chi connectivity index (χ0v) is 11.7. The molecule has 1 aliphatic heterocycles. The maximum absolute atomic E-state index is 13.1. The van der Waals surface area contributed by atoms with Crippen LogP contribution in [0.3, 0.4) is 0 Å². The molecule has 1 heterocycles. The second-order valence-corrected chi connectivity index (χ2v) is 5.40. The van der Waals surface area contributed by atoms with Crippen molar-refractivity contribution in [3.8, 4) is 5.75 Å². The first-order valence-electron chi connectivity index (χ1n) is 6.88. The van der Waals surface area contributed by atoms with E-state index in [4.69, 9.17) is 4.74 Å². The van der Waals surface area contributed by atoms with Crippen LogP contribution in [0.2, 0.25) is 0 Å². The number of anilines is 1. The van der Waals surface area contributed by atoms with E-state index in [1.807, 2.05) is 13.0 Å². The summed E-state index contributed by atoms with van der Waals surface area (Å²) in [5.74, 6) is 0.784. The fourth-order valence-corrected chi connectivity index (χ4v) is 2.61. The highest BCUT2D eigenvalue weighted by Gasteiger charge is 2.22. The number of nitrogens with one attached hydrogen (secondary N) is 1. The first-order chi connectivity index (χ1) is 9.61. The van der Waals surface area contributed by atoms with Crippen LogP contribution in [0.15, 0.2) is 36.4 Å². The van der Waals surface area contributed by atoms with Crippen molar-refractivity contribution < 1.29 is 9.13 Å². The summed E-state index contributed by atoms with van der Waals surface area (Å²) in [6, 6.07) is 11.1. The predicted octanol–water partition coefficient (Wildman–Crippen LogP) is 3.86. The Morgan fingerprint density at radius 1 is 1.20 bits per heavy atom.